The monoisotopic (exact) mass is 1170 g/mol. The van der Waals surface area contributed by atoms with Crippen molar-refractivity contribution in [2.45, 2.75) is 176 Å². The van der Waals surface area contributed by atoms with Gasteiger partial charge < -0.3 is 67.2 Å². The maximum absolute atomic E-state index is 12.8. The Labute approximate surface area is 471 Å². The number of carbonyl (C=O) groups excluding carboxylic acids is 1. The number of anilines is 1. The molecule has 0 bridgehead atoms. The van der Waals surface area contributed by atoms with Gasteiger partial charge in [0.2, 0.25) is 27.8 Å². The molecule has 3 aromatic rings. The molecule has 448 valence electrons. The molecule has 1 amide bonds. The van der Waals surface area contributed by atoms with E-state index in [9.17, 15) is 29.4 Å². The van der Waals surface area contributed by atoms with Crippen molar-refractivity contribution in [1.29, 1.82) is 2.86 Å². The van der Waals surface area contributed by atoms with E-state index < -0.39 is 82.9 Å². The summed E-state index contributed by atoms with van der Waals surface area (Å²) in [4.78, 5) is 69.8. The van der Waals surface area contributed by atoms with Crippen molar-refractivity contribution < 1.29 is 65.0 Å². The van der Waals surface area contributed by atoms with Gasteiger partial charge in [0, 0.05) is 85.2 Å². The van der Waals surface area contributed by atoms with Gasteiger partial charge in [-0.1, -0.05) is 13.8 Å². The zero-order valence-corrected chi connectivity index (χ0v) is 49.5. The first kappa shape index (κ1) is 64.0. The van der Waals surface area contributed by atoms with Gasteiger partial charge in [-0.05, 0) is 89.0 Å². The average Bonchev–Trinajstić information content (AvgIpc) is 3.68. The summed E-state index contributed by atoms with van der Waals surface area (Å²) in [5.41, 5.74) is -1.17. The molecule has 5 heterocycles. The molecule has 0 aromatic carbocycles. The molecule has 10 atom stereocenters. The number of hydrogen-bond donors (Lipinski definition) is 7. The minimum atomic E-state index is -1.69. The summed E-state index contributed by atoms with van der Waals surface area (Å²) in [6.07, 6.45) is -2.96. The molecule has 2 fully saturated rings. The summed E-state index contributed by atoms with van der Waals surface area (Å²) in [5, 5.41) is 28.3. The van der Waals surface area contributed by atoms with Gasteiger partial charge in [0.05, 0.1) is 18.5 Å². The Kier molecular flexibility index (Phi) is 29.4. The summed E-state index contributed by atoms with van der Waals surface area (Å²) in [7, 11) is -0.761. The number of aliphatic hydroxyl groups excluding tert-OH is 4. The lowest BCUT2D eigenvalue weighted by atomic mass is 10.1. The average molecular weight is 1170 g/mol. The number of aryl methyl sites for hydroxylation is 1. The van der Waals surface area contributed by atoms with Crippen LogP contribution >= 0.6 is 17.1 Å². The highest BCUT2D eigenvalue weighted by Crippen LogP contribution is 2.52. The fraction of sp³-hybridized carbons (Fsp3) is 0.760. The van der Waals surface area contributed by atoms with Gasteiger partial charge in [-0.15, -0.1) is 0 Å². The van der Waals surface area contributed by atoms with Crippen LogP contribution in [0.3, 0.4) is 0 Å². The van der Waals surface area contributed by atoms with Crippen LogP contribution in [0.2, 0.25) is 0 Å². The van der Waals surface area contributed by atoms with Crippen molar-refractivity contribution in [3.8, 4) is 0 Å². The molecule has 3 aromatic heterocycles. The Hall–Kier alpha value is -4.22. The van der Waals surface area contributed by atoms with Crippen LogP contribution in [0.4, 0.5) is 5.95 Å². The Bertz CT molecular complexity index is 2590. The number of fused-ring (bicyclic) bond motifs is 1. The summed E-state index contributed by atoms with van der Waals surface area (Å²) in [5.74, 6) is -0.688. The largest absolute Gasteiger partial charge is 0.400 e. The number of aromatic amines is 2. The third kappa shape index (κ3) is 20.3. The van der Waals surface area contributed by atoms with Gasteiger partial charge in [-0.3, -0.25) is 38.8 Å². The van der Waals surface area contributed by atoms with Crippen molar-refractivity contribution in [1.82, 2.24) is 38.4 Å². The SMILES string of the molecule is [2H]C[C@H]1O[C@@H](n2cc(C)c(=O)[nH]c2=O)[C@H](OCCCO)[C@@H]1OP(OCC[N+]#[C-])N(C(C)C)C(C)C.[2H]C[C@H]1O[C@@H](n2cnc3c(=O)[nH]c(NC(=O)C(C)C)nc32)[C@H](OCCCO)[C@@H]1OP(OCC[N+]#[C-])N(C(C)C)C(C)C.[3H]OC.[3H]OC. The second-order valence-electron chi connectivity index (χ2n) is 19.0. The number of rotatable bonds is 28. The van der Waals surface area contributed by atoms with Crippen molar-refractivity contribution in [3.05, 3.63) is 72.1 Å². The molecular formula is C50H87N11O16P2. The number of aromatic nitrogens is 6. The number of H-pyrrole nitrogens is 2. The van der Waals surface area contributed by atoms with E-state index in [1.807, 2.05) is 55.4 Å². The van der Waals surface area contributed by atoms with Crippen molar-refractivity contribution in [2.24, 2.45) is 5.92 Å². The minimum absolute atomic E-state index is 0.0326. The molecular weight excluding hydrogens is 1070 g/mol. The van der Waals surface area contributed by atoms with Gasteiger partial charge in [0.1, 0.15) is 37.6 Å². The summed E-state index contributed by atoms with van der Waals surface area (Å²) in [6, 6.07) is 0.247. The zero-order valence-electron chi connectivity index (χ0n) is 51.7. The maximum Gasteiger partial charge on any atom is 0.330 e. The number of imidazole rings is 1. The van der Waals surface area contributed by atoms with Crippen LogP contribution in [-0.2, 0) is 41.8 Å². The maximum atomic E-state index is 12.8. The summed E-state index contributed by atoms with van der Waals surface area (Å²) < 4.78 is 84.6. The zero-order chi connectivity index (χ0) is 62.5. The fourth-order valence-corrected chi connectivity index (χ4v) is 11.6. The van der Waals surface area contributed by atoms with Crippen LogP contribution in [0.15, 0.2) is 26.9 Å². The van der Waals surface area contributed by atoms with Crippen LogP contribution in [0, 0.1) is 26.0 Å². The van der Waals surface area contributed by atoms with E-state index in [1.165, 1.54) is 35.9 Å². The number of amides is 1. The van der Waals surface area contributed by atoms with E-state index in [-0.39, 0.29) is 120 Å². The highest BCUT2D eigenvalue weighted by molar-refractivity contribution is 7.44. The fourth-order valence-electron chi connectivity index (χ4n) is 8.04. The molecule has 7 N–H and O–H groups in total. The first-order valence-electron chi connectivity index (χ1n) is 28.1. The second kappa shape index (κ2) is 36.3. The number of carbonyl (C=O) groups is 1. The molecule has 0 radical (unpaired) electrons. The molecule has 0 saturated carbocycles. The molecule has 27 nitrogen and oxygen atoms in total. The number of nitrogens with one attached hydrogen (secondary N) is 3. The molecule has 0 aliphatic carbocycles. The lowest BCUT2D eigenvalue weighted by Gasteiger charge is -2.37. The van der Waals surface area contributed by atoms with Gasteiger partial charge in [-0.2, -0.15) is 4.98 Å². The van der Waals surface area contributed by atoms with E-state index in [1.54, 1.807) is 20.8 Å². The quantitative estimate of drug-likeness (QED) is 0.0299. The molecule has 2 saturated heterocycles. The first-order valence-corrected chi connectivity index (χ1v) is 28.1. The standard InChI is InChI=1S/C26H42N7O7P.C22H37N4O7P.2CH4O/c1-15(2)23(35)30-26-29-22-19(24(36)31-26)28-14-32(22)25-21(37-12-9-11-34)20(18(7)39-25)40-41(38-13-10-27-8)33(16(3)4)17(5)6;1-14(2)26(15(3)4)34(31-12-9-23-7)33-18-17(6)32-21(19(18)30-11-8-10-27)25-13-16(5)20(28)24-22(25)29;2*1-2/h14-18,20-21,25,34H,9-13H2,1-7H3,(H2,29,30,31,35,36);13-15,17-19,21,27H,8-12H2,1-6H3,(H,24,28,29);2*2H,1H3/t18-,20-,21-,25-,41?;17-,18-,19-,21-,34?;;/m11../s1/i7D;6D;2*2T. The number of aliphatic hydroxyl groups is 4. The molecule has 5 rings (SSSR count). The van der Waals surface area contributed by atoms with Gasteiger partial charge in [-0.25, -0.2) is 32.3 Å². The van der Waals surface area contributed by atoms with Gasteiger partial charge in [0.25, 0.3) is 28.2 Å². The van der Waals surface area contributed by atoms with E-state index in [0.29, 0.717) is 18.4 Å². The molecule has 2 unspecified atom stereocenters. The van der Waals surface area contributed by atoms with Crippen LogP contribution < -0.4 is 22.1 Å². The number of ether oxygens (including phenoxy) is 4. The lowest BCUT2D eigenvalue weighted by Crippen LogP contribution is -2.42. The van der Waals surface area contributed by atoms with Crippen molar-refractivity contribution >= 4 is 40.1 Å². The molecule has 2 aliphatic heterocycles. The predicted molar refractivity (Wildman–Crippen MR) is 299 cm³/mol. The molecule has 2 aliphatic rings. The lowest BCUT2D eigenvalue weighted by molar-refractivity contribution is -0.118. The summed E-state index contributed by atoms with van der Waals surface area (Å²) >= 11 is 0. The Balaban J connectivity index is 0.000000524. The molecule has 79 heavy (non-hydrogen) atoms. The number of hydrogen-bond acceptors (Lipinski definition) is 20. The normalized spacial score (nSPS) is 22.3. The van der Waals surface area contributed by atoms with Crippen LogP contribution in [-0.4, -0.2) is 195 Å². The highest BCUT2D eigenvalue weighted by atomic mass is 31.2. The predicted octanol–water partition coefficient (Wildman–Crippen LogP) is 4.48. The van der Waals surface area contributed by atoms with E-state index >= 15 is 0 Å². The smallest absolute Gasteiger partial charge is 0.330 e. The Morgan fingerprint density at radius 2 is 1.24 bits per heavy atom. The third-order valence-electron chi connectivity index (χ3n) is 11.4. The van der Waals surface area contributed by atoms with E-state index in [2.05, 4.69) is 54.5 Å². The summed E-state index contributed by atoms with van der Waals surface area (Å²) in [6.45, 7) is 36.0. The Morgan fingerprint density at radius 1 is 0.785 bits per heavy atom. The molecule has 0 spiro atoms. The van der Waals surface area contributed by atoms with E-state index in [0.717, 1.165) is 0 Å². The minimum Gasteiger partial charge on any atom is -0.400 e. The first-order chi connectivity index (χ1) is 39.5. The second-order valence-corrected chi connectivity index (χ2v) is 21.8. The third-order valence-corrected chi connectivity index (χ3v) is 15.7. The molecule has 29 heteroatoms. The van der Waals surface area contributed by atoms with Crippen LogP contribution in [0.1, 0.15) is 117 Å². The number of nitrogens with zero attached hydrogens (tertiary/aromatic N) is 8. The van der Waals surface area contributed by atoms with Gasteiger partial charge >= 0.3 is 5.69 Å². The van der Waals surface area contributed by atoms with Crippen molar-refractivity contribution in [3.63, 3.8) is 0 Å². The highest BCUT2D eigenvalue weighted by Gasteiger charge is 2.50. The Morgan fingerprint density at radius 3 is 1.65 bits per heavy atom. The van der Waals surface area contributed by atoms with Gasteiger partial charge in [0.15, 0.2) is 23.6 Å². The van der Waals surface area contributed by atoms with E-state index in [4.69, 9.17) is 55.8 Å². The van der Waals surface area contributed by atoms with Crippen molar-refractivity contribution in [2.75, 3.05) is 72.3 Å². The van der Waals surface area contributed by atoms with Crippen LogP contribution in [0.25, 0.3) is 20.9 Å². The van der Waals surface area contributed by atoms with Crippen LogP contribution in [0.5, 0.6) is 0 Å². The topological polar surface area (TPSA) is 317 Å².